The van der Waals surface area contributed by atoms with Crippen LogP contribution >= 0.6 is 0 Å². The second kappa shape index (κ2) is 7.27. The summed E-state index contributed by atoms with van der Waals surface area (Å²) < 4.78 is 28.9. The van der Waals surface area contributed by atoms with Crippen LogP contribution in [-0.4, -0.2) is 26.7 Å². The molecule has 0 atom stereocenters. The summed E-state index contributed by atoms with van der Waals surface area (Å²) in [6, 6.07) is 13.2. The Morgan fingerprint density at radius 3 is 2.40 bits per heavy atom. The van der Waals surface area contributed by atoms with Crippen molar-refractivity contribution in [1.82, 2.24) is 0 Å². The zero-order valence-electron chi connectivity index (χ0n) is 14.1. The Balaban J connectivity index is 1.68. The van der Waals surface area contributed by atoms with Crippen LogP contribution in [-0.2, 0) is 9.84 Å². The Morgan fingerprint density at radius 1 is 1.08 bits per heavy atom. The molecule has 1 saturated carbocycles. The zero-order chi connectivity index (χ0) is 17.9. The highest BCUT2D eigenvalue weighted by Crippen LogP contribution is 2.26. The first kappa shape index (κ1) is 17.5. The van der Waals surface area contributed by atoms with Crippen molar-refractivity contribution < 1.29 is 17.9 Å². The first-order valence-corrected chi connectivity index (χ1v) is 10.2. The number of carbonyl (C=O) groups is 1. The predicted molar refractivity (Wildman–Crippen MR) is 96.8 cm³/mol. The van der Waals surface area contributed by atoms with Crippen molar-refractivity contribution in [2.75, 3.05) is 11.6 Å². The van der Waals surface area contributed by atoms with Gasteiger partial charge in [-0.05, 0) is 62.1 Å². The molecule has 1 aliphatic rings. The van der Waals surface area contributed by atoms with Gasteiger partial charge in [-0.15, -0.1) is 0 Å². The zero-order valence-corrected chi connectivity index (χ0v) is 14.9. The standard InChI is InChI=1S/C19H21NO4S/c1-25(22,23)18-11-9-14(10-12-18)19(21)20-15-5-4-8-17(13-15)24-16-6-2-3-7-16/h4-5,8-13,16H,2-3,6-7H2,1H3,(H,20,21). The van der Waals surface area contributed by atoms with E-state index in [1.54, 1.807) is 12.1 Å². The number of benzene rings is 2. The highest BCUT2D eigenvalue weighted by Gasteiger charge is 2.16. The normalized spacial score (nSPS) is 15.1. The van der Waals surface area contributed by atoms with Crippen LogP contribution in [0.3, 0.4) is 0 Å². The van der Waals surface area contributed by atoms with E-state index in [-0.39, 0.29) is 16.9 Å². The Morgan fingerprint density at radius 2 is 1.76 bits per heavy atom. The van der Waals surface area contributed by atoms with Crippen LogP contribution in [0.25, 0.3) is 0 Å². The maximum atomic E-state index is 12.3. The fourth-order valence-corrected chi connectivity index (χ4v) is 3.53. The Bertz CT molecular complexity index is 853. The van der Waals surface area contributed by atoms with Crippen LogP contribution in [0.5, 0.6) is 5.75 Å². The van der Waals surface area contributed by atoms with Gasteiger partial charge in [0.2, 0.25) is 0 Å². The number of nitrogens with one attached hydrogen (secondary N) is 1. The Hall–Kier alpha value is -2.34. The van der Waals surface area contributed by atoms with Crippen LogP contribution in [0.1, 0.15) is 36.0 Å². The lowest BCUT2D eigenvalue weighted by Gasteiger charge is -2.14. The van der Waals surface area contributed by atoms with Crippen molar-refractivity contribution in [3.63, 3.8) is 0 Å². The lowest BCUT2D eigenvalue weighted by Crippen LogP contribution is -2.13. The van der Waals surface area contributed by atoms with E-state index in [1.165, 1.54) is 37.1 Å². The molecule has 0 bridgehead atoms. The average Bonchev–Trinajstić information content (AvgIpc) is 3.07. The van der Waals surface area contributed by atoms with Gasteiger partial charge in [0.25, 0.3) is 5.91 Å². The van der Waals surface area contributed by atoms with E-state index >= 15 is 0 Å². The molecule has 1 N–H and O–H groups in total. The molecule has 0 saturated heterocycles. The molecular weight excluding hydrogens is 338 g/mol. The van der Waals surface area contributed by atoms with E-state index in [4.69, 9.17) is 4.74 Å². The molecule has 25 heavy (non-hydrogen) atoms. The molecule has 5 nitrogen and oxygen atoms in total. The number of sulfone groups is 1. The third-order valence-corrected chi connectivity index (χ3v) is 5.37. The van der Waals surface area contributed by atoms with Gasteiger partial charge in [0.15, 0.2) is 9.84 Å². The molecule has 1 aliphatic carbocycles. The Labute approximate surface area is 147 Å². The quantitative estimate of drug-likeness (QED) is 0.884. The molecule has 6 heteroatoms. The second-order valence-electron chi connectivity index (χ2n) is 6.30. The fraction of sp³-hybridized carbons (Fsp3) is 0.316. The number of amides is 1. The molecule has 0 aliphatic heterocycles. The van der Waals surface area contributed by atoms with Crippen molar-refractivity contribution in [3.8, 4) is 5.75 Å². The van der Waals surface area contributed by atoms with Crippen molar-refractivity contribution in [2.24, 2.45) is 0 Å². The predicted octanol–water partition coefficient (Wildman–Crippen LogP) is 3.66. The van der Waals surface area contributed by atoms with Crippen LogP contribution in [0.4, 0.5) is 5.69 Å². The van der Waals surface area contributed by atoms with E-state index in [0.29, 0.717) is 11.3 Å². The molecule has 0 radical (unpaired) electrons. The van der Waals surface area contributed by atoms with Gasteiger partial charge >= 0.3 is 0 Å². The van der Waals surface area contributed by atoms with E-state index in [2.05, 4.69) is 5.32 Å². The molecule has 132 valence electrons. The van der Waals surface area contributed by atoms with E-state index in [0.717, 1.165) is 24.8 Å². The first-order chi connectivity index (χ1) is 11.9. The minimum absolute atomic E-state index is 0.191. The number of carbonyl (C=O) groups excluding carboxylic acids is 1. The van der Waals surface area contributed by atoms with Gasteiger partial charge in [-0.2, -0.15) is 0 Å². The minimum Gasteiger partial charge on any atom is -0.490 e. The third kappa shape index (κ3) is 4.60. The van der Waals surface area contributed by atoms with Gasteiger partial charge in [-0.25, -0.2) is 8.42 Å². The molecule has 0 spiro atoms. The van der Waals surface area contributed by atoms with Gasteiger partial charge in [0.05, 0.1) is 11.0 Å². The molecule has 1 fully saturated rings. The largest absolute Gasteiger partial charge is 0.490 e. The molecule has 0 unspecified atom stereocenters. The minimum atomic E-state index is -3.27. The van der Waals surface area contributed by atoms with Crippen LogP contribution in [0, 0.1) is 0 Å². The molecular formula is C19H21NO4S. The van der Waals surface area contributed by atoms with Crippen molar-refractivity contribution in [2.45, 2.75) is 36.7 Å². The van der Waals surface area contributed by atoms with E-state index in [9.17, 15) is 13.2 Å². The molecule has 1 amide bonds. The van der Waals surface area contributed by atoms with Crippen molar-refractivity contribution in [1.29, 1.82) is 0 Å². The molecule has 0 aromatic heterocycles. The van der Waals surface area contributed by atoms with Gasteiger partial charge in [0, 0.05) is 23.6 Å². The van der Waals surface area contributed by atoms with Crippen molar-refractivity contribution in [3.05, 3.63) is 54.1 Å². The summed E-state index contributed by atoms with van der Waals surface area (Å²) in [6.07, 6.45) is 5.94. The number of hydrogen-bond donors (Lipinski definition) is 1. The van der Waals surface area contributed by atoms with Crippen LogP contribution in [0.15, 0.2) is 53.4 Å². The average molecular weight is 359 g/mol. The van der Waals surface area contributed by atoms with Gasteiger partial charge in [-0.3, -0.25) is 4.79 Å². The molecule has 3 rings (SSSR count). The maximum absolute atomic E-state index is 12.3. The summed E-state index contributed by atoms with van der Waals surface area (Å²) in [4.78, 5) is 12.5. The summed E-state index contributed by atoms with van der Waals surface area (Å²) in [6.45, 7) is 0. The summed E-state index contributed by atoms with van der Waals surface area (Å²) in [5, 5.41) is 2.81. The summed E-state index contributed by atoms with van der Waals surface area (Å²) in [7, 11) is -3.27. The third-order valence-electron chi connectivity index (χ3n) is 4.24. The lowest BCUT2D eigenvalue weighted by atomic mass is 10.2. The molecule has 2 aromatic rings. The molecule has 0 heterocycles. The maximum Gasteiger partial charge on any atom is 0.255 e. The fourth-order valence-electron chi connectivity index (χ4n) is 2.90. The topological polar surface area (TPSA) is 72.5 Å². The molecule has 2 aromatic carbocycles. The number of rotatable bonds is 5. The monoisotopic (exact) mass is 359 g/mol. The summed E-state index contributed by atoms with van der Waals surface area (Å²) >= 11 is 0. The van der Waals surface area contributed by atoms with Gasteiger partial charge in [0.1, 0.15) is 5.75 Å². The first-order valence-electron chi connectivity index (χ1n) is 8.30. The van der Waals surface area contributed by atoms with Gasteiger partial charge < -0.3 is 10.1 Å². The van der Waals surface area contributed by atoms with Crippen LogP contribution < -0.4 is 10.1 Å². The SMILES string of the molecule is CS(=O)(=O)c1ccc(C(=O)Nc2cccc(OC3CCCC3)c2)cc1. The smallest absolute Gasteiger partial charge is 0.255 e. The number of anilines is 1. The van der Waals surface area contributed by atoms with E-state index in [1.807, 2.05) is 12.1 Å². The lowest BCUT2D eigenvalue weighted by molar-refractivity contribution is 0.102. The highest BCUT2D eigenvalue weighted by atomic mass is 32.2. The summed E-state index contributed by atoms with van der Waals surface area (Å²) in [5.41, 5.74) is 1.04. The number of ether oxygens (including phenoxy) is 1. The van der Waals surface area contributed by atoms with Gasteiger partial charge in [-0.1, -0.05) is 6.07 Å². The Kier molecular flexibility index (Phi) is 5.08. The second-order valence-corrected chi connectivity index (χ2v) is 8.32. The van der Waals surface area contributed by atoms with Crippen molar-refractivity contribution >= 4 is 21.4 Å². The number of hydrogen-bond acceptors (Lipinski definition) is 4. The highest BCUT2D eigenvalue weighted by molar-refractivity contribution is 7.90. The summed E-state index contributed by atoms with van der Waals surface area (Å²) in [5.74, 6) is 0.454. The van der Waals surface area contributed by atoms with E-state index < -0.39 is 9.84 Å². The van der Waals surface area contributed by atoms with Crippen LogP contribution in [0.2, 0.25) is 0 Å².